The zero-order valence-corrected chi connectivity index (χ0v) is 23.4. The molecule has 0 fully saturated rings. The molecule has 41 heavy (non-hydrogen) atoms. The number of para-hydroxylation sites is 1. The number of aliphatic carboxylic acids is 1. The zero-order chi connectivity index (χ0) is 29.9. The first-order chi connectivity index (χ1) is 19.6. The van der Waals surface area contributed by atoms with Gasteiger partial charge in [0.25, 0.3) is 0 Å². The molecule has 0 saturated heterocycles. The molecule has 0 saturated carbocycles. The van der Waals surface area contributed by atoms with Crippen LogP contribution in [0.4, 0.5) is 0 Å². The zero-order valence-electron chi connectivity index (χ0n) is 23.4. The number of imidazole rings is 1. The number of benzene rings is 1. The smallest absolute Gasteiger partial charge is 0.326 e. The highest BCUT2D eigenvalue weighted by Gasteiger charge is 2.32. The summed E-state index contributed by atoms with van der Waals surface area (Å²) in [7, 11) is 0. The number of carboxylic acids is 1. The lowest BCUT2D eigenvalue weighted by Gasteiger charge is -2.27. The number of amides is 3. The van der Waals surface area contributed by atoms with Crippen LogP contribution in [0.25, 0.3) is 10.9 Å². The van der Waals surface area contributed by atoms with E-state index in [1.165, 1.54) is 12.5 Å². The normalized spacial score (nSPS) is 14.3. The lowest BCUT2D eigenvalue weighted by atomic mass is 10.00. The first-order valence-electron chi connectivity index (χ1n) is 13.7. The summed E-state index contributed by atoms with van der Waals surface area (Å²) in [4.78, 5) is 61.2. The third-order valence-corrected chi connectivity index (χ3v) is 6.87. The van der Waals surface area contributed by atoms with Gasteiger partial charge in [-0.15, -0.1) is 0 Å². The monoisotopic (exact) mass is 568 g/mol. The van der Waals surface area contributed by atoms with E-state index in [0.717, 1.165) is 16.5 Å². The van der Waals surface area contributed by atoms with E-state index < -0.39 is 47.9 Å². The number of unbranched alkanes of at least 4 members (excludes halogenated alkanes) is 1. The van der Waals surface area contributed by atoms with Crippen molar-refractivity contribution in [2.45, 2.75) is 70.1 Å². The van der Waals surface area contributed by atoms with Crippen molar-refractivity contribution in [3.8, 4) is 0 Å². The summed E-state index contributed by atoms with van der Waals surface area (Å²) in [5.74, 6) is -3.26. The molecule has 0 aliphatic heterocycles. The lowest BCUT2D eigenvalue weighted by Crippen LogP contribution is -2.58. The second kappa shape index (κ2) is 15.0. The first-order valence-corrected chi connectivity index (χ1v) is 13.7. The number of nitrogens with one attached hydrogen (secondary N) is 5. The summed E-state index contributed by atoms with van der Waals surface area (Å²) in [5, 5.41) is 18.6. The van der Waals surface area contributed by atoms with Gasteiger partial charge in [-0.05, 0) is 49.8 Å². The number of carbonyl (C=O) groups excluding carboxylic acids is 3. The van der Waals surface area contributed by atoms with Crippen LogP contribution < -0.4 is 27.4 Å². The molecule has 3 amide bonds. The van der Waals surface area contributed by atoms with Crippen LogP contribution in [0.3, 0.4) is 0 Å². The van der Waals surface area contributed by atoms with Gasteiger partial charge >= 0.3 is 5.97 Å². The van der Waals surface area contributed by atoms with Crippen molar-refractivity contribution in [1.29, 1.82) is 0 Å². The highest BCUT2D eigenvalue weighted by molar-refractivity contribution is 5.94. The van der Waals surface area contributed by atoms with Crippen molar-refractivity contribution >= 4 is 34.6 Å². The molecule has 4 unspecified atom stereocenters. The SMILES string of the molecule is CC(C)C(NC(=O)C(N)Cc1c[nH]c2ccccc12)C(=O)NC(CCCCN)C(=O)NC(Cc1cnc[nH]1)C(=O)O. The van der Waals surface area contributed by atoms with Crippen molar-refractivity contribution in [2.24, 2.45) is 17.4 Å². The fraction of sp³-hybridized carbons (Fsp3) is 0.464. The van der Waals surface area contributed by atoms with Gasteiger partial charge < -0.3 is 42.5 Å². The second-order valence-electron chi connectivity index (χ2n) is 10.4. The molecule has 2 aromatic heterocycles. The number of fused-ring (bicyclic) bond motifs is 1. The maximum atomic E-state index is 13.4. The Kier molecular flexibility index (Phi) is 11.4. The summed E-state index contributed by atoms with van der Waals surface area (Å²) in [6, 6.07) is 3.53. The third-order valence-electron chi connectivity index (χ3n) is 6.87. The van der Waals surface area contributed by atoms with Crippen molar-refractivity contribution in [3.63, 3.8) is 0 Å². The van der Waals surface area contributed by atoms with E-state index in [1.807, 2.05) is 30.5 Å². The summed E-state index contributed by atoms with van der Waals surface area (Å²) < 4.78 is 0. The van der Waals surface area contributed by atoms with Crippen molar-refractivity contribution in [1.82, 2.24) is 30.9 Å². The van der Waals surface area contributed by atoms with Gasteiger partial charge in [0.05, 0.1) is 12.4 Å². The highest BCUT2D eigenvalue weighted by Crippen LogP contribution is 2.19. The molecule has 0 aliphatic rings. The molecule has 1 aromatic carbocycles. The van der Waals surface area contributed by atoms with Gasteiger partial charge in [0.15, 0.2) is 0 Å². The fourth-order valence-corrected chi connectivity index (χ4v) is 4.54. The molecule has 222 valence electrons. The number of aromatic nitrogens is 3. The van der Waals surface area contributed by atoms with E-state index in [2.05, 4.69) is 30.9 Å². The number of hydrogen-bond acceptors (Lipinski definition) is 7. The predicted molar refractivity (Wildman–Crippen MR) is 153 cm³/mol. The molecule has 0 aliphatic carbocycles. The Morgan fingerprint density at radius 3 is 2.34 bits per heavy atom. The number of nitrogens with zero attached hydrogens (tertiary/aromatic N) is 1. The molecule has 13 nitrogen and oxygen atoms in total. The second-order valence-corrected chi connectivity index (χ2v) is 10.4. The van der Waals surface area contributed by atoms with Gasteiger partial charge in [-0.25, -0.2) is 9.78 Å². The third kappa shape index (κ3) is 8.88. The number of aromatic amines is 2. The molecule has 2 heterocycles. The average molecular weight is 569 g/mol. The van der Waals surface area contributed by atoms with E-state index in [0.29, 0.717) is 25.1 Å². The lowest BCUT2D eigenvalue weighted by molar-refractivity contribution is -0.142. The molecule has 3 aromatic rings. The van der Waals surface area contributed by atoms with E-state index in [1.54, 1.807) is 13.8 Å². The summed E-state index contributed by atoms with van der Waals surface area (Å²) in [5.41, 5.74) is 14.2. The Morgan fingerprint density at radius 1 is 0.951 bits per heavy atom. The Morgan fingerprint density at radius 2 is 1.68 bits per heavy atom. The Hall–Kier alpha value is -4.23. The van der Waals surface area contributed by atoms with Gasteiger partial charge in [-0.1, -0.05) is 32.0 Å². The van der Waals surface area contributed by atoms with Crippen LogP contribution in [0.15, 0.2) is 43.0 Å². The average Bonchev–Trinajstić information content (AvgIpc) is 3.60. The molecular weight excluding hydrogens is 528 g/mol. The molecule has 4 atom stereocenters. The minimum absolute atomic E-state index is 0.0104. The van der Waals surface area contributed by atoms with Gasteiger partial charge in [0, 0.05) is 35.4 Å². The standard InChI is InChI=1S/C28H40N8O5/c1-16(2)24(36-25(37)20(30)11-17-13-32-21-8-4-3-7-19(17)21)27(39)34-22(9-5-6-10-29)26(38)35-23(28(40)41)12-18-14-31-15-33-18/h3-4,7-8,13-16,20,22-24,32H,5-6,9-12,29-30H2,1-2H3,(H,31,33)(H,34,39)(H,35,38)(H,36,37)(H,40,41). The minimum atomic E-state index is -1.24. The first kappa shape index (κ1) is 31.3. The number of nitrogens with two attached hydrogens (primary N) is 2. The molecule has 10 N–H and O–H groups in total. The van der Waals surface area contributed by atoms with Gasteiger partial charge in [0.1, 0.15) is 18.1 Å². The summed E-state index contributed by atoms with van der Waals surface area (Å²) in [6.07, 6.45) is 6.34. The summed E-state index contributed by atoms with van der Waals surface area (Å²) >= 11 is 0. The maximum Gasteiger partial charge on any atom is 0.326 e. The molecule has 13 heteroatoms. The van der Waals surface area contributed by atoms with E-state index in [-0.39, 0.29) is 25.2 Å². The highest BCUT2D eigenvalue weighted by atomic mass is 16.4. The molecule has 0 bridgehead atoms. The largest absolute Gasteiger partial charge is 0.480 e. The van der Waals surface area contributed by atoms with Crippen LogP contribution >= 0.6 is 0 Å². The van der Waals surface area contributed by atoms with Crippen LogP contribution in [0.2, 0.25) is 0 Å². The van der Waals surface area contributed by atoms with Crippen molar-refractivity contribution in [2.75, 3.05) is 6.54 Å². The van der Waals surface area contributed by atoms with Crippen molar-refractivity contribution in [3.05, 3.63) is 54.2 Å². The molecule has 0 spiro atoms. The number of carboxylic acid groups (broad SMARTS) is 1. The van der Waals surface area contributed by atoms with Gasteiger partial charge in [0.2, 0.25) is 17.7 Å². The van der Waals surface area contributed by atoms with E-state index in [4.69, 9.17) is 11.5 Å². The van der Waals surface area contributed by atoms with Crippen LogP contribution in [-0.4, -0.2) is 74.5 Å². The Balaban J connectivity index is 1.67. The summed E-state index contributed by atoms with van der Waals surface area (Å²) in [6.45, 7) is 3.94. The molecular formula is C28H40N8O5. The topological polar surface area (TPSA) is 221 Å². The number of rotatable bonds is 16. The number of H-pyrrole nitrogens is 2. The van der Waals surface area contributed by atoms with Gasteiger partial charge in [-0.2, -0.15) is 0 Å². The molecule has 0 radical (unpaired) electrons. The fourth-order valence-electron chi connectivity index (χ4n) is 4.54. The van der Waals surface area contributed by atoms with Gasteiger partial charge in [-0.3, -0.25) is 14.4 Å². The van der Waals surface area contributed by atoms with Crippen LogP contribution in [0.5, 0.6) is 0 Å². The quantitative estimate of drug-likeness (QED) is 0.112. The Labute approximate surface area is 238 Å². The number of carbonyl (C=O) groups is 4. The Bertz CT molecular complexity index is 1310. The van der Waals surface area contributed by atoms with E-state index >= 15 is 0 Å². The molecule has 3 rings (SSSR count). The minimum Gasteiger partial charge on any atom is -0.480 e. The van der Waals surface area contributed by atoms with Crippen LogP contribution in [0, 0.1) is 5.92 Å². The van der Waals surface area contributed by atoms with Crippen LogP contribution in [-0.2, 0) is 32.0 Å². The predicted octanol–water partition coefficient (Wildman–Crippen LogP) is 0.328. The number of hydrogen-bond donors (Lipinski definition) is 8. The van der Waals surface area contributed by atoms with Crippen molar-refractivity contribution < 1.29 is 24.3 Å². The maximum absolute atomic E-state index is 13.4. The van der Waals surface area contributed by atoms with E-state index in [9.17, 15) is 24.3 Å². The van der Waals surface area contributed by atoms with Crippen LogP contribution in [0.1, 0.15) is 44.4 Å².